The van der Waals surface area contributed by atoms with Crippen molar-refractivity contribution >= 4 is 0 Å². The van der Waals surface area contributed by atoms with E-state index >= 15 is 0 Å². The fourth-order valence-corrected chi connectivity index (χ4v) is 1.41. The average molecular weight is 166 g/mol. The lowest BCUT2D eigenvalue weighted by Crippen LogP contribution is -2.11. The summed E-state index contributed by atoms with van der Waals surface area (Å²) in [5, 5.41) is 0. The molecule has 0 aromatic heterocycles. The van der Waals surface area contributed by atoms with Crippen molar-refractivity contribution in [1.29, 1.82) is 0 Å². The van der Waals surface area contributed by atoms with Gasteiger partial charge in [0.1, 0.15) is 0 Å². The first-order valence-corrected chi connectivity index (χ1v) is 4.66. The molecule has 1 heteroatoms. The molecule has 1 aliphatic rings. The largest absolute Gasteiger partial charge is 0.377 e. The Hall–Kier alpha value is -0.560. The van der Waals surface area contributed by atoms with E-state index in [-0.39, 0.29) is 0 Å². The minimum Gasteiger partial charge on any atom is -0.377 e. The number of rotatable bonds is 4. The van der Waals surface area contributed by atoms with E-state index in [9.17, 15) is 0 Å². The molecule has 1 nitrogen and oxygen atoms in total. The zero-order chi connectivity index (χ0) is 8.81. The SMILES string of the molecule is C=C(C)COC[C@@H]1CC=CCC1. The lowest BCUT2D eigenvalue weighted by Gasteiger charge is -2.17. The monoisotopic (exact) mass is 166 g/mol. The molecular formula is C11H18O. The molecule has 0 amide bonds. The molecule has 0 unspecified atom stereocenters. The predicted molar refractivity (Wildman–Crippen MR) is 52.1 cm³/mol. The Morgan fingerprint density at radius 3 is 3.00 bits per heavy atom. The zero-order valence-electron chi connectivity index (χ0n) is 7.88. The summed E-state index contributed by atoms with van der Waals surface area (Å²) in [6, 6.07) is 0. The first-order valence-electron chi connectivity index (χ1n) is 4.66. The van der Waals surface area contributed by atoms with Crippen LogP contribution in [-0.2, 0) is 4.74 Å². The van der Waals surface area contributed by atoms with Crippen molar-refractivity contribution < 1.29 is 4.74 Å². The lowest BCUT2D eigenvalue weighted by atomic mass is 9.95. The fourth-order valence-electron chi connectivity index (χ4n) is 1.41. The highest BCUT2D eigenvalue weighted by atomic mass is 16.5. The number of allylic oxidation sites excluding steroid dienone is 2. The topological polar surface area (TPSA) is 9.23 Å². The van der Waals surface area contributed by atoms with E-state index in [0.717, 1.165) is 24.7 Å². The first kappa shape index (κ1) is 9.53. The minimum atomic E-state index is 0.722. The van der Waals surface area contributed by atoms with Crippen molar-refractivity contribution in [3.8, 4) is 0 Å². The molecule has 0 aliphatic heterocycles. The van der Waals surface area contributed by atoms with E-state index in [4.69, 9.17) is 4.74 Å². The predicted octanol–water partition coefficient (Wildman–Crippen LogP) is 2.94. The van der Waals surface area contributed by atoms with E-state index in [2.05, 4.69) is 18.7 Å². The Labute approximate surface area is 75.1 Å². The Morgan fingerprint density at radius 1 is 1.58 bits per heavy atom. The molecule has 68 valence electrons. The number of ether oxygens (including phenoxy) is 1. The second-order valence-electron chi connectivity index (χ2n) is 3.62. The van der Waals surface area contributed by atoms with Crippen molar-refractivity contribution in [2.75, 3.05) is 13.2 Å². The Balaban J connectivity index is 2.06. The van der Waals surface area contributed by atoms with Crippen LogP contribution in [0.5, 0.6) is 0 Å². The zero-order valence-corrected chi connectivity index (χ0v) is 7.88. The minimum absolute atomic E-state index is 0.722. The Morgan fingerprint density at radius 2 is 2.42 bits per heavy atom. The van der Waals surface area contributed by atoms with Gasteiger partial charge in [0.25, 0.3) is 0 Å². The van der Waals surface area contributed by atoms with E-state index in [0.29, 0.717) is 0 Å². The van der Waals surface area contributed by atoms with Gasteiger partial charge >= 0.3 is 0 Å². The lowest BCUT2D eigenvalue weighted by molar-refractivity contribution is 0.114. The van der Waals surface area contributed by atoms with Crippen molar-refractivity contribution in [3.05, 3.63) is 24.3 Å². The third kappa shape index (κ3) is 3.72. The van der Waals surface area contributed by atoms with Crippen LogP contribution in [0.25, 0.3) is 0 Å². The smallest absolute Gasteiger partial charge is 0.0671 e. The molecule has 0 radical (unpaired) electrons. The van der Waals surface area contributed by atoms with Gasteiger partial charge in [-0.1, -0.05) is 24.3 Å². The van der Waals surface area contributed by atoms with Crippen LogP contribution in [0.15, 0.2) is 24.3 Å². The van der Waals surface area contributed by atoms with Gasteiger partial charge in [-0.2, -0.15) is 0 Å². The highest BCUT2D eigenvalue weighted by Crippen LogP contribution is 2.18. The van der Waals surface area contributed by atoms with Crippen LogP contribution < -0.4 is 0 Å². The average Bonchev–Trinajstić information content (AvgIpc) is 2.05. The maximum atomic E-state index is 5.50. The molecule has 0 saturated carbocycles. The third-order valence-corrected chi connectivity index (χ3v) is 2.08. The van der Waals surface area contributed by atoms with Crippen LogP contribution in [0.4, 0.5) is 0 Å². The summed E-state index contributed by atoms with van der Waals surface area (Å²) >= 11 is 0. The van der Waals surface area contributed by atoms with Crippen molar-refractivity contribution in [1.82, 2.24) is 0 Å². The van der Waals surface area contributed by atoms with Gasteiger partial charge in [-0.3, -0.25) is 0 Å². The quantitative estimate of drug-likeness (QED) is 0.583. The molecule has 0 heterocycles. The number of hydrogen-bond acceptors (Lipinski definition) is 1. The van der Waals surface area contributed by atoms with Crippen LogP contribution in [0.1, 0.15) is 26.2 Å². The van der Waals surface area contributed by atoms with Crippen LogP contribution >= 0.6 is 0 Å². The van der Waals surface area contributed by atoms with Gasteiger partial charge in [-0.25, -0.2) is 0 Å². The fraction of sp³-hybridized carbons (Fsp3) is 0.636. The van der Waals surface area contributed by atoms with Gasteiger partial charge in [0.2, 0.25) is 0 Å². The molecule has 0 aromatic rings. The summed E-state index contributed by atoms with van der Waals surface area (Å²) in [7, 11) is 0. The molecule has 12 heavy (non-hydrogen) atoms. The van der Waals surface area contributed by atoms with Crippen LogP contribution in [0.2, 0.25) is 0 Å². The molecule has 0 N–H and O–H groups in total. The van der Waals surface area contributed by atoms with Crippen molar-refractivity contribution in [2.24, 2.45) is 5.92 Å². The summed E-state index contributed by atoms with van der Waals surface area (Å²) in [6.07, 6.45) is 8.22. The normalized spacial score (nSPS) is 22.6. The summed E-state index contributed by atoms with van der Waals surface area (Å²) in [5.74, 6) is 0.745. The molecule has 0 bridgehead atoms. The Kier molecular flexibility index (Phi) is 4.09. The van der Waals surface area contributed by atoms with Gasteiger partial charge < -0.3 is 4.74 Å². The molecule has 0 saturated heterocycles. The van der Waals surface area contributed by atoms with Crippen LogP contribution in [0.3, 0.4) is 0 Å². The molecule has 0 fully saturated rings. The van der Waals surface area contributed by atoms with E-state index in [1.807, 2.05) is 6.92 Å². The molecule has 1 rings (SSSR count). The third-order valence-electron chi connectivity index (χ3n) is 2.08. The highest BCUT2D eigenvalue weighted by Gasteiger charge is 2.09. The summed E-state index contributed by atoms with van der Waals surface area (Å²) in [6.45, 7) is 7.42. The Bertz CT molecular complexity index is 170. The first-order chi connectivity index (χ1) is 5.79. The molecule has 1 atom stereocenters. The van der Waals surface area contributed by atoms with Crippen LogP contribution in [0, 0.1) is 5.92 Å². The standard InChI is InChI=1S/C11H18O/c1-10(2)8-12-9-11-6-4-3-5-7-11/h3-4,11H,1,5-9H2,2H3/t11-/m1/s1. The summed E-state index contributed by atoms with van der Waals surface area (Å²) < 4.78 is 5.50. The molecule has 0 aromatic carbocycles. The van der Waals surface area contributed by atoms with E-state index in [1.165, 1.54) is 19.3 Å². The summed E-state index contributed by atoms with van der Waals surface area (Å²) in [4.78, 5) is 0. The second kappa shape index (κ2) is 5.15. The van der Waals surface area contributed by atoms with Gasteiger partial charge in [0, 0.05) is 0 Å². The summed E-state index contributed by atoms with van der Waals surface area (Å²) in [5.41, 5.74) is 1.11. The van der Waals surface area contributed by atoms with Gasteiger partial charge in [0.15, 0.2) is 0 Å². The highest BCUT2D eigenvalue weighted by molar-refractivity contribution is 4.91. The molecule has 0 spiro atoms. The second-order valence-corrected chi connectivity index (χ2v) is 3.62. The molecular weight excluding hydrogens is 148 g/mol. The molecule has 1 aliphatic carbocycles. The van der Waals surface area contributed by atoms with Gasteiger partial charge in [-0.05, 0) is 32.1 Å². The maximum Gasteiger partial charge on any atom is 0.0671 e. The van der Waals surface area contributed by atoms with Gasteiger partial charge in [-0.15, -0.1) is 0 Å². The van der Waals surface area contributed by atoms with Crippen molar-refractivity contribution in [3.63, 3.8) is 0 Å². The number of hydrogen-bond donors (Lipinski definition) is 0. The van der Waals surface area contributed by atoms with E-state index in [1.54, 1.807) is 0 Å². The van der Waals surface area contributed by atoms with E-state index < -0.39 is 0 Å². The van der Waals surface area contributed by atoms with Gasteiger partial charge in [0.05, 0.1) is 13.2 Å². The van der Waals surface area contributed by atoms with Crippen molar-refractivity contribution in [2.45, 2.75) is 26.2 Å². The maximum absolute atomic E-state index is 5.50. The van der Waals surface area contributed by atoms with Crippen LogP contribution in [-0.4, -0.2) is 13.2 Å².